The van der Waals surface area contributed by atoms with Gasteiger partial charge in [0.25, 0.3) is 5.91 Å². The molecule has 1 N–H and O–H groups in total. The molecule has 0 saturated carbocycles. The average molecular weight is 382 g/mol. The van der Waals surface area contributed by atoms with Crippen LogP contribution in [0.3, 0.4) is 0 Å². The first-order chi connectivity index (χ1) is 13.5. The number of carbonyl (C=O) groups is 2. The maximum atomic E-state index is 14.2. The van der Waals surface area contributed by atoms with Crippen LogP contribution in [-0.4, -0.2) is 51.6 Å². The van der Waals surface area contributed by atoms with Gasteiger partial charge in [-0.05, 0) is 23.8 Å². The third-order valence-electron chi connectivity index (χ3n) is 6.08. The summed E-state index contributed by atoms with van der Waals surface area (Å²) in [7, 11) is 0. The monoisotopic (exact) mass is 382 g/mol. The Morgan fingerprint density at radius 3 is 2.79 bits per heavy atom. The molecule has 0 bridgehead atoms. The number of benzene rings is 2. The van der Waals surface area contributed by atoms with Gasteiger partial charge in [0.05, 0.1) is 30.7 Å². The van der Waals surface area contributed by atoms with Crippen molar-refractivity contribution in [2.24, 2.45) is 0 Å². The molecule has 0 radical (unpaired) electrons. The Balaban J connectivity index is 1.48. The van der Waals surface area contributed by atoms with Crippen LogP contribution in [0.1, 0.15) is 34.8 Å². The van der Waals surface area contributed by atoms with E-state index in [1.54, 1.807) is 4.90 Å². The van der Waals surface area contributed by atoms with Crippen molar-refractivity contribution in [2.75, 3.05) is 13.2 Å². The molecule has 2 aromatic rings. The van der Waals surface area contributed by atoms with Gasteiger partial charge in [0, 0.05) is 13.0 Å². The number of aromatic hydroxyl groups is 1. The largest absolute Gasteiger partial charge is 0.508 e. The predicted molar refractivity (Wildman–Crippen MR) is 96.8 cm³/mol. The third-order valence-corrected chi connectivity index (χ3v) is 6.08. The molecule has 1 spiro atoms. The Kier molecular flexibility index (Phi) is 3.71. The van der Waals surface area contributed by atoms with E-state index < -0.39 is 23.5 Å². The molecule has 28 heavy (non-hydrogen) atoms. The van der Waals surface area contributed by atoms with Crippen molar-refractivity contribution in [1.29, 1.82) is 0 Å². The van der Waals surface area contributed by atoms with Crippen LogP contribution in [0.2, 0.25) is 0 Å². The lowest BCUT2D eigenvalue weighted by Crippen LogP contribution is -2.49. The van der Waals surface area contributed by atoms with Crippen molar-refractivity contribution in [2.45, 2.75) is 30.7 Å². The number of amides is 2. The van der Waals surface area contributed by atoms with Crippen LogP contribution in [0.25, 0.3) is 0 Å². The first-order valence-corrected chi connectivity index (χ1v) is 9.32. The molecule has 2 aromatic carbocycles. The van der Waals surface area contributed by atoms with Gasteiger partial charge in [-0.2, -0.15) is 0 Å². The van der Waals surface area contributed by atoms with Gasteiger partial charge < -0.3 is 19.6 Å². The first kappa shape index (κ1) is 17.2. The fourth-order valence-electron chi connectivity index (χ4n) is 4.84. The quantitative estimate of drug-likeness (QED) is 0.866. The molecule has 0 unspecified atom stereocenters. The zero-order valence-electron chi connectivity index (χ0n) is 15.0. The molecule has 3 atom stereocenters. The fourth-order valence-corrected chi connectivity index (χ4v) is 4.84. The zero-order valence-corrected chi connectivity index (χ0v) is 15.0. The van der Waals surface area contributed by atoms with Gasteiger partial charge in [-0.25, -0.2) is 4.39 Å². The van der Waals surface area contributed by atoms with E-state index in [1.165, 1.54) is 11.0 Å². The highest BCUT2D eigenvalue weighted by atomic mass is 19.1. The maximum absolute atomic E-state index is 14.2. The Labute approximate surface area is 161 Å². The normalized spacial score (nSPS) is 28.5. The minimum absolute atomic E-state index is 0.0646. The van der Waals surface area contributed by atoms with Crippen LogP contribution in [0, 0.1) is 5.82 Å². The van der Waals surface area contributed by atoms with Gasteiger partial charge in [0.1, 0.15) is 11.6 Å². The molecular weight excluding hydrogens is 363 g/mol. The molecular formula is C21H19FN2O4. The molecule has 144 valence electrons. The Bertz CT molecular complexity index is 966. The van der Waals surface area contributed by atoms with Crippen molar-refractivity contribution in [3.63, 3.8) is 0 Å². The standard InChI is InChI=1S/C21H19FN2O4/c22-16-7-6-14(25)10-15(16)20(27)23-9-8-21-18(23)11-19(26)24(21)17(12-28-21)13-4-2-1-3-5-13/h1-7,10,17-18,25H,8-9,11-12H2/t17-,18+,21-/m0/s1. The second-order valence-corrected chi connectivity index (χ2v) is 7.48. The summed E-state index contributed by atoms with van der Waals surface area (Å²) in [6.07, 6.45) is 0.633. The number of phenolic OH excluding ortho intramolecular Hbond substituents is 1. The summed E-state index contributed by atoms with van der Waals surface area (Å²) < 4.78 is 20.3. The number of hydrogen-bond acceptors (Lipinski definition) is 4. The number of halogens is 1. The molecule has 3 aliphatic rings. The molecule has 7 heteroatoms. The van der Waals surface area contributed by atoms with E-state index in [1.807, 2.05) is 30.3 Å². The summed E-state index contributed by atoms with van der Waals surface area (Å²) in [5.41, 5.74) is -0.0571. The molecule has 0 aliphatic carbocycles. The van der Waals surface area contributed by atoms with E-state index in [2.05, 4.69) is 0 Å². The van der Waals surface area contributed by atoms with Gasteiger partial charge in [-0.15, -0.1) is 0 Å². The van der Waals surface area contributed by atoms with Crippen LogP contribution >= 0.6 is 0 Å². The van der Waals surface area contributed by atoms with Gasteiger partial charge in [-0.3, -0.25) is 9.59 Å². The first-order valence-electron chi connectivity index (χ1n) is 9.32. The van der Waals surface area contributed by atoms with E-state index in [9.17, 15) is 19.1 Å². The SMILES string of the molecule is O=C(c1cc(O)ccc1F)N1CC[C@@]23OC[C@@H](c4ccccc4)N2C(=O)C[C@@H]13. The minimum atomic E-state index is -0.861. The highest BCUT2D eigenvalue weighted by Crippen LogP contribution is 2.51. The lowest BCUT2D eigenvalue weighted by molar-refractivity contribution is -0.138. The van der Waals surface area contributed by atoms with E-state index in [0.717, 1.165) is 17.7 Å². The second kappa shape index (κ2) is 6.04. The maximum Gasteiger partial charge on any atom is 0.257 e. The van der Waals surface area contributed by atoms with Gasteiger partial charge >= 0.3 is 0 Å². The number of hydrogen-bond donors (Lipinski definition) is 1. The number of ether oxygens (including phenoxy) is 1. The molecule has 3 fully saturated rings. The number of nitrogens with zero attached hydrogens (tertiary/aromatic N) is 2. The molecule has 5 rings (SSSR count). The summed E-state index contributed by atoms with van der Waals surface area (Å²) in [6.45, 7) is 0.735. The predicted octanol–water partition coefficient (Wildman–Crippen LogP) is 2.45. The van der Waals surface area contributed by atoms with E-state index >= 15 is 0 Å². The van der Waals surface area contributed by atoms with E-state index in [4.69, 9.17) is 4.74 Å². The highest BCUT2D eigenvalue weighted by molar-refractivity contribution is 5.96. The van der Waals surface area contributed by atoms with Crippen molar-refractivity contribution in [1.82, 2.24) is 9.80 Å². The Morgan fingerprint density at radius 1 is 1.21 bits per heavy atom. The number of phenols is 1. The van der Waals surface area contributed by atoms with E-state index in [0.29, 0.717) is 19.6 Å². The molecule has 2 amide bonds. The summed E-state index contributed by atoms with van der Waals surface area (Å²) in [4.78, 5) is 29.2. The Morgan fingerprint density at radius 2 is 2.00 bits per heavy atom. The summed E-state index contributed by atoms with van der Waals surface area (Å²) in [5.74, 6) is -1.47. The number of likely N-dealkylation sites (tertiary alicyclic amines) is 1. The second-order valence-electron chi connectivity index (χ2n) is 7.48. The smallest absolute Gasteiger partial charge is 0.257 e. The summed E-state index contributed by atoms with van der Waals surface area (Å²) in [5, 5.41) is 9.64. The summed E-state index contributed by atoms with van der Waals surface area (Å²) in [6, 6.07) is 12.4. The average Bonchev–Trinajstić information content (AvgIpc) is 3.33. The molecule has 6 nitrogen and oxygen atoms in total. The number of rotatable bonds is 2. The topological polar surface area (TPSA) is 70.1 Å². The van der Waals surface area contributed by atoms with Crippen LogP contribution in [0.15, 0.2) is 48.5 Å². The van der Waals surface area contributed by atoms with Gasteiger partial charge in [0.2, 0.25) is 5.91 Å². The van der Waals surface area contributed by atoms with Crippen molar-refractivity contribution >= 4 is 11.8 Å². The zero-order chi connectivity index (χ0) is 19.5. The third kappa shape index (κ3) is 2.29. The number of carbonyl (C=O) groups excluding carboxylic acids is 2. The van der Waals surface area contributed by atoms with Crippen molar-refractivity contribution in [3.8, 4) is 5.75 Å². The van der Waals surface area contributed by atoms with Crippen LogP contribution < -0.4 is 0 Å². The minimum Gasteiger partial charge on any atom is -0.508 e. The molecule has 0 aromatic heterocycles. The van der Waals surface area contributed by atoms with Crippen LogP contribution in [-0.2, 0) is 9.53 Å². The lowest BCUT2D eigenvalue weighted by atomic mass is 10.0. The molecule has 3 heterocycles. The highest BCUT2D eigenvalue weighted by Gasteiger charge is 2.65. The van der Waals surface area contributed by atoms with Gasteiger partial charge in [0.15, 0.2) is 5.72 Å². The van der Waals surface area contributed by atoms with Crippen molar-refractivity contribution in [3.05, 3.63) is 65.5 Å². The molecule has 3 saturated heterocycles. The van der Waals surface area contributed by atoms with Crippen LogP contribution in [0.5, 0.6) is 5.75 Å². The lowest BCUT2D eigenvalue weighted by Gasteiger charge is -2.33. The van der Waals surface area contributed by atoms with Gasteiger partial charge in [-0.1, -0.05) is 30.3 Å². The fraction of sp³-hybridized carbons (Fsp3) is 0.333. The summed E-state index contributed by atoms with van der Waals surface area (Å²) >= 11 is 0. The van der Waals surface area contributed by atoms with Crippen LogP contribution in [0.4, 0.5) is 4.39 Å². The molecule has 3 aliphatic heterocycles. The van der Waals surface area contributed by atoms with Crippen molar-refractivity contribution < 1.29 is 23.8 Å². The Hall–Kier alpha value is -2.93. The van der Waals surface area contributed by atoms with E-state index in [-0.39, 0.29) is 29.7 Å².